The molecule has 1 unspecified atom stereocenters. The summed E-state index contributed by atoms with van der Waals surface area (Å²) in [5, 5.41) is 2.70. The van der Waals surface area contributed by atoms with Crippen LogP contribution in [0.1, 0.15) is 26.2 Å². The van der Waals surface area contributed by atoms with Gasteiger partial charge in [0.15, 0.2) is 0 Å². The second kappa shape index (κ2) is 6.10. The van der Waals surface area contributed by atoms with Crippen molar-refractivity contribution in [1.29, 1.82) is 0 Å². The summed E-state index contributed by atoms with van der Waals surface area (Å²) in [6.45, 7) is 3.95. The van der Waals surface area contributed by atoms with Crippen LogP contribution in [0.25, 0.3) is 0 Å². The molecule has 5 heteroatoms. The Hall–Kier alpha value is -0.580. The van der Waals surface area contributed by atoms with Gasteiger partial charge >= 0.3 is 0 Å². The van der Waals surface area contributed by atoms with E-state index in [0.29, 0.717) is 13.0 Å². The fraction of sp³-hybridized carbons (Fsp3) is 0.800. The Morgan fingerprint density at radius 3 is 2.53 bits per heavy atom. The minimum Gasteiger partial charge on any atom is -0.355 e. The number of hydrogen-bond donors (Lipinski definition) is 1. The Kier molecular flexibility index (Phi) is 5.08. The van der Waals surface area contributed by atoms with Gasteiger partial charge in [-0.25, -0.2) is 0 Å². The predicted octanol–water partition coefficient (Wildman–Crippen LogP) is 0.898. The average molecular weight is 277 g/mol. The van der Waals surface area contributed by atoms with E-state index in [0.717, 1.165) is 25.9 Å². The quantitative estimate of drug-likeness (QED) is 0.776. The number of nitrogens with zero attached hydrogens (tertiary/aromatic N) is 1. The Morgan fingerprint density at radius 2 is 2.00 bits per heavy atom. The van der Waals surface area contributed by atoms with Crippen molar-refractivity contribution in [3.8, 4) is 0 Å². The molecule has 0 aromatic rings. The highest BCUT2D eigenvalue weighted by atomic mass is 79.9. The Morgan fingerprint density at radius 1 is 1.40 bits per heavy atom. The highest BCUT2D eigenvalue weighted by molar-refractivity contribution is 9.10. The molecular formula is C10H17BrN2O2. The SMILES string of the molecule is CC(Br)C(=O)NCCC(=O)N1CCCC1. The molecule has 15 heavy (non-hydrogen) atoms. The molecule has 1 saturated heterocycles. The van der Waals surface area contributed by atoms with E-state index in [1.54, 1.807) is 6.92 Å². The molecule has 1 rings (SSSR count). The number of likely N-dealkylation sites (tertiary alicyclic amines) is 1. The van der Waals surface area contributed by atoms with Crippen molar-refractivity contribution in [2.75, 3.05) is 19.6 Å². The molecule has 4 nitrogen and oxygen atoms in total. The van der Waals surface area contributed by atoms with Gasteiger partial charge in [-0.15, -0.1) is 0 Å². The van der Waals surface area contributed by atoms with Crippen LogP contribution in [0, 0.1) is 0 Å². The van der Waals surface area contributed by atoms with Gasteiger partial charge in [0.2, 0.25) is 11.8 Å². The lowest BCUT2D eigenvalue weighted by molar-refractivity contribution is -0.130. The van der Waals surface area contributed by atoms with Crippen LogP contribution in [0.3, 0.4) is 0 Å². The smallest absolute Gasteiger partial charge is 0.233 e. The van der Waals surface area contributed by atoms with E-state index < -0.39 is 0 Å². The van der Waals surface area contributed by atoms with Gasteiger partial charge in [0, 0.05) is 26.1 Å². The van der Waals surface area contributed by atoms with Crippen molar-refractivity contribution in [2.24, 2.45) is 0 Å². The molecule has 1 atom stereocenters. The number of rotatable bonds is 4. The van der Waals surface area contributed by atoms with Crippen LogP contribution in [0.2, 0.25) is 0 Å². The van der Waals surface area contributed by atoms with Gasteiger partial charge in [-0.2, -0.15) is 0 Å². The summed E-state index contributed by atoms with van der Waals surface area (Å²) >= 11 is 3.17. The summed E-state index contributed by atoms with van der Waals surface area (Å²) < 4.78 is 0. The number of carbonyl (C=O) groups is 2. The van der Waals surface area contributed by atoms with Gasteiger partial charge in [0.1, 0.15) is 0 Å². The Balaban J connectivity index is 2.14. The maximum absolute atomic E-state index is 11.6. The third kappa shape index (κ3) is 4.20. The zero-order valence-electron chi connectivity index (χ0n) is 8.96. The van der Waals surface area contributed by atoms with Crippen LogP contribution in [0.15, 0.2) is 0 Å². The van der Waals surface area contributed by atoms with Crippen molar-refractivity contribution >= 4 is 27.7 Å². The first-order valence-corrected chi connectivity index (χ1v) is 6.22. The molecule has 0 saturated carbocycles. The molecule has 0 radical (unpaired) electrons. The molecule has 1 fully saturated rings. The molecule has 1 heterocycles. The van der Waals surface area contributed by atoms with Crippen LogP contribution in [-0.4, -0.2) is 41.2 Å². The Labute approximate surface area is 98.5 Å². The highest BCUT2D eigenvalue weighted by Gasteiger charge is 2.17. The van der Waals surface area contributed by atoms with E-state index in [9.17, 15) is 9.59 Å². The first-order valence-electron chi connectivity index (χ1n) is 5.31. The first kappa shape index (κ1) is 12.5. The van der Waals surface area contributed by atoms with Crippen molar-refractivity contribution in [3.63, 3.8) is 0 Å². The number of alkyl halides is 1. The van der Waals surface area contributed by atoms with Crippen molar-refractivity contribution in [2.45, 2.75) is 31.0 Å². The highest BCUT2D eigenvalue weighted by Crippen LogP contribution is 2.08. The van der Waals surface area contributed by atoms with E-state index in [1.807, 2.05) is 4.90 Å². The molecule has 1 aliphatic heterocycles. The van der Waals surface area contributed by atoms with Gasteiger partial charge in [-0.1, -0.05) is 15.9 Å². The van der Waals surface area contributed by atoms with Gasteiger partial charge in [0.05, 0.1) is 4.83 Å². The number of halogens is 1. The molecule has 1 N–H and O–H groups in total. The molecule has 0 spiro atoms. The van der Waals surface area contributed by atoms with Crippen LogP contribution in [-0.2, 0) is 9.59 Å². The van der Waals surface area contributed by atoms with Gasteiger partial charge in [-0.05, 0) is 19.8 Å². The van der Waals surface area contributed by atoms with Crippen LogP contribution >= 0.6 is 15.9 Å². The zero-order valence-corrected chi connectivity index (χ0v) is 10.5. The lowest BCUT2D eigenvalue weighted by atomic mass is 10.3. The van der Waals surface area contributed by atoms with Crippen LogP contribution < -0.4 is 5.32 Å². The monoisotopic (exact) mass is 276 g/mol. The molecule has 1 aliphatic rings. The molecule has 2 amide bonds. The van der Waals surface area contributed by atoms with Crippen LogP contribution in [0.5, 0.6) is 0 Å². The second-order valence-electron chi connectivity index (χ2n) is 3.74. The Bertz CT molecular complexity index is 238. The summed E-state index contributed by atoms with van der Waals surface area (Å²) in [4.78, 5) is 24.4. The number of nitrogens with one attached hydrogen (secondary N) is 1. The van der Waals surface area contributed by atoms with Gasteiger partial charge < -0.3 is 10.2 Å². The number of carbonyl (C=O) groups excluding carboxylic acids is 2. The van der Waals surface area contributed by atoms with Crippen molar-refractivity contribution in [1.82, 2.24) is 10.2 Å². The zero-order chi connectivity index (χ0) is 11.3. The lowest BCUT2D eigenvalue weighted by Gasteiger charge is -2.15. The third-order valence-corrected chi connectivity index (χ3v) is 2.87. The first-order chi connectivity index (χ1) is 7.11. The fourth-order valence-electron chi connectivity index (χ4n) is 1.56. The minimum absolute atomic E-state index is 0.0655. The largest absolute Gasteiger partial charge is 0.355 e. The van der Waals surface area contributed by atoms with E-state index >= 15 is 0 Å². The minimum atomic E-state index is -0.195. The maximum Gasteiger partial charge on any atom is 0.233 e. The van der Waals surface area contributed by atoms with Gasteiger partial charge in [0.25, 0.3) is 0 Å². The molecule has 0 aliphatic carbocycles. The van der Waals surface area contributed by atoms with Gasteiger partial charge in [-0.3, -0.25) is 9.59 Å². The fourth-order valence-corrected chi connectivity index (χ4v) is 1.72. The van der Waals surface area contributed by atoms with E-state index in [2.05, 4.69) is 21.2 Å². The molecule has 0 bridgehead atoms. The summed E-state index contributed by atoms with van der Waals surface area (Å²) in [6.07, 6.45) is 2.62. The van der Waals surface area contributed by atoms with E-state index in [4.69, 9.17) is 0 Å². The molecule has 86 valence electrons. The summed E-state index contributed by atoms with van der Waals surface area (Å²) in [6, 6.07) is 0. The van der Waals surface area contributed by atoms with Crippen molar-refractivity contribution in [3.05, 3.63) is 0 Å². The number of hydrogen-bond acceptors (Lipinski definition) is 2. The van der Waals surface area contributed by atoms with E-state index in [1.165, 1.54) is 0 Å². The summed E-state index contributed by atoms with van der Waals surface area (Å²) in [7, 11) is 0. The van der Waals surface area contributed by atoms with Crippen LogP contribution in [0.4, 0.5) is 0 Å². The molecule has 0 aromatic heterocycles. The van der Waals surface area contributed by atoms with E-state index in [-0.39, 0.29) is 16.6 Å². The second-order valence-corrected chi connectivity index (χ2v) is 5.12. The topological polar surface area (TPSA) is 49.4 Å². The maximum atomic E-state index is 11.6. The standard InChI is InChI=1S/C10H17BrN2O2/c1-8(11)10(15)12-5-4-9(14)13-6-2-3-7-13/h8H,2-7H2,1H3,(H,12,15). The third-order valence-electron chi connectivity index (χ3n) is 2.46. The van der Waals surface area contributed by atoms with Crippen molar-refractivity contribution < 1.29 is 9.59 Å². The summed E-state index contributed by atoms with van der Waals surface area (Å²) in [5.74, 6) is 0.0826. The lowest BCUT2D eigenvalue weighted by Crippen LogP contribution is -2.34. The molecule has 0 aromatic carbocycles. The summed E-state index contributed by atoms with van der Waals surface area (Å²) in [5.41, 5.74) is 0. The number of amides is 2. The predicted molar refractivity (Wildman–Crippen MR) is 61.8 cm³/mol. The average Bonchev–Trinajstić information content (AvgIpc) is 2.70. The molecular weight excluding hydrogens is 260 g/mol. The normalized spacial score (nSPS) is 17.6.